The molecule has 0 saturated heterocycles. The van der Waals surface area contributed by atoms with Crippen LogP contribution in [0.4, 0.5) is 5.69 Å². The van der Waals surface area contributed by atoms with Crippen LogP contribution in [-0.2, 0) is 10.0 Å². The fourth-order valence-electron chi connectivity index (χ4n) is 1.76. The van der Waals surface area contributed by atoms with Crippen molar-refractivity contribution in [2.24, 2.45) is 0 Å². The molecule has 0 saturated carbocycles. The number of ether oxygens (including phenoxy) is 2. The van der Waals surface area contributed by atoms with Crippen molar-refractivity contribution in [2.45, 2.75) is 25.5 Å². The van der Waals surface area contributed by atoms with Crippen molar-refractivity contribution in [1.29, 1.82) is 0 Å². The van der Waals surface area contributed by atoms with E-state index in [0.29, 0.717) is 23.7 Å². The van der Waals surface area contributed by atoms with Gasteiger partial charge in [-0.1, -0.05) is 6.92 Å². The number of methoxy groups -OCH3 is 2. The van der Waals surface area contributed by atoms with E-state index >= 15 is 0 Å². The third-order valence-electron chi connectivity index (χ3n) is 3.03. The molecular weight excluding hydrogens is 292 g/mol. The van der Waals surface area contributed by atoms with Gasteiger partial charge in [0.1, 0.15) is 0 Å². The molecule has 0 aliphatic rings. The minimum absolute atomic E-state index is 0.413. The van der Waals surface area contributed by atoms with Crippen molar-refractivity contribution >= 4 is 15.7 Å². The van der Waals surface area contributed by atoms with Crippen LogP contribution in [0.1, 0.15) is 20.3 Å². The van der Waals surface area contributed by atoms with Crippen molar-refractivity contribution in [1.82, 2.24) is 5.32 Å². The molecule has 0 aliphatic carbocycles. The van der Waals surface area contributed by atoms with E-state index in [1.54, 1.807) is 25.1 Å². The predicted octanol–water partition coefficient (Wildman–Crippen LogP) is 1.83. The second-order valence-corrected chi connectivity index (χ2v) is 6.83. The van der Waals surface area contributed by atoms with Crippen molar-refractivity contribution in [3.63, 3.8) is 0 Å². The van der Waals surface area contributed by atoms with E-state index in [1.165, 1.54) is 14.2 Å². The molecule has 1 aromatic rings. The van der Waals surface area contributed by atoms with E-state index in [4.69, 9.17) is 9.47 Å². The van der Waals surface area contributed by atoms with Gasteiger partial charge < -0.3 is 14.8 Å². The summed E-state index contributed by atoms with van der Waals surface area (Å²) in [4.78, 5) is 0. The summed E-state index contributed by atoms with van der Waals surface area (Å²) >= 11 is 0. The van der Waals surface area contributed by atoms with Gasteiger partial charge in [-0.05, 0) is 32.0 Å². The first-order valence-electron chi connectivity index (χ1n) is 6.89. The van der Waals surface area contributed by atoms with Gasteiger partial charge in [0.25, 0.3) is 0 Å². The molecule has 0 bridgehead atoms. The standard InChI is InChI=1S/C14H24N2O4S/c1-5-8-15-10-11(2)21(17,18)16-12-6-7-13(19-3)14(9-12)20-4/h6-7,9,11,15-16H,5,8,10H2,1-4H3. The Morgan fingerprint density at radius 1 is 1.19 bits per heavy atom. The van der Waals surface area contributed by atoms with Crippen LogP contribution in [0.2, 0.25) is 0 Å². The third kappa shape index (κ3) is 5.09. The highest BCUT2D eigenvalue weighted by atomic mass is 32.2. The van der Waals surface area contributed by atoms with Crippen LogP contribution in [0.3, 0.4) is 0 Å². The first-order valence-corrected chi connectivity index (χ1v) is 8.43. The van der Waals surface area contributed by atoms with Crippen LogP contribution >= 0.6 is 0 Å². The highest BCUT2D eigenvalue weighted by Crippen LogP contribution is 2.30. The molecule has 0 aliphatic heterocycles. The summed E-state index contributed by atoms with van der Waals surface area (Å²) in [6.45, 7) is 4.92. The minimum atomic E-state index is -3.45. The van der Waals surface area contributed by atoms with Gasteiger partial charge in [-0.3, -0.25) is 4.72 Å². The monoisotopic (exact) mass is 316 g/mol. The van der Waals surface area contributed by atoms with Gasteiger partial charge in [-0.2, -0.15) is 0 Å². The molecule has 0 heterocycles. The van der Waals surface area contributed by atoms with E-state index in [1.807, 2.05) is 6.92 Å². The quantitative estimate of drug-likeness (QED) is 0.680. The Balaban J connectivity index is 2.79. The molecule has 0 radical (unpaired) electrons. The zero-order valence-corrected chi connectivity index (χ0v) is 13.8. The van der Waals surface area contributed by atoms with E-state index in [2.05, 4.69) is 10.0 Å². The molecular formula is C14H24N2O4S. The van der Waals surface area contributed by atoms with Crippen LogP contribution in [0.5, 0.6) is 11.5 Å². The molecule has 0 amide bonds. The molecule has 0 fully saturated rings. The third-order valence-corrected chi connectivity index (χ3v) is 4.78. The van der Waals surface area contributed by atoms with Gasteiger partial charge in [0, 0.05) is 12.6 Å². The Labute approximate surface area is 126 Å². The van der Waals surface area contributed by atoms with E-state index < -0.39 is 15.3 Å². The lowest BCUT2D eigenvalue weighted by Crippen LogP contribution is -2.35. The summed E-state index contributed by atoms with van der Waals surface area (Å²) in [6, 6.07) is 4.91. The lowest BCUT2D eigenvalue weighted by molar-refractivity contribution is 0.355. The van der Waals surface area contributed by atoms with Gasteiger partial charge in [0.15, 0.2) is 11.5 Å². The minimum Gasteiger partial charge on any atom is -0.493 e. The smallest absolute Gasteiger partial charge is 0.236 e. The van der Waals surface area contributed by atoms with Crippen LogP contribution in [0, 0.1) is 0 Å². The van der Waals surface area contributed by atoms with Crippen LogP contribution < -0.4 is 19.5 Å². The highest BCUT2D eigenvalue weighted by molar-refractivity contribution is 7.93. The Hall–Kier alpha value is -1.47. The largest absolute Gasteiger partial charge is 0.493 e. The van der Waals surface area contributed by atoms with Crippen LogP contribution in [-0.4, -0.2) is 41.0 Å². The summed E-state index contributed by atoms with van der Waals surface area (Å²) in [5.74, 6) is 1.03. The number of hydrogen-bond donors (Lipinski definition) is 2. The normalized spacial score (nSPS) is 12.8. The number of anilines is 1. The zero-order valence-electron chi connectivity index (χ0n) is 13.0. The number of benzene rings is 1. The maximum Gasteiger partial charge on any atom is 0.236 e. The summed E-state index contributed by atoms with van der Waals surface area (Å²) in [7, 11) is -0.409. The summed E-state index contributed by atoms with van der Waals surface area (Å²) in [5.41, 5.74) is 0.454. The van der Waals surface area contributed by atoms with Crippen LogP contribution in [0.15, 0.2) is 18.2 Å². The molecule has 1 aromatic carbocycles. The molecule has 0 aromatic heterocycles. The van der Waals surface area contributed by atoms with Gasteiger partial charge in [0.2, 0.25) is 10.0 Å². The van der Waals surface area contributed by atoms with Gasteiger partial charge >= 0.3 is 0 Å². The Morgan fingerprint density at radius 2 is 1.86 bits per heavy atom. The number of rotatable bonds is 9. The lowest BCUT2D eigenvalue weighted by Gasteiger charge is -2.16. The Bertz CT molecular complexity index is 546. The molecule has 0 spiro atoms. The van der Waals surface area contributed by atoms with Crippen LogP contribution in [0.25, 0.3) is 0 Å². The SMILES string of the molecule is CCCNCC(C)S(=O)(=O)Nc1ccc(OC)c(OC)c1. The number of nitrogens with one attached hydrogen (secondary N) is 2. The molecule has 7 heteroatoms. The summed E-state index contributed by atoms with van der Waals surface area (Å²) in [5, 5.41) is 2.57. The molecule has 1 unspecified atom stereocenters. The lowest BCUT2D eigenvalue weighted by atomic mass is 10.3. The summed E-state index contributed by atoms with van der Waals surface area (Å²) in [6.07, 6.45) is 0.968. The predicted molar refractivity (Wildman–Crippen MR) is 84.7 cm³/mol. The molecule has 120 valence electrons. The molecule has 1 rings (SSSR count). The number of hydrogen-bond acceptors (Lipinski definition) is 5. The van der Waals surface area contributed by atoms with Crippen molar-refractivity contribution in [3.8, 4) is 11.5 Å². The topological polar surface area (TPSA) is 76.7 Å². The van der Waals surface area contributed by atoms with Gasteiger partial charge in [0.05, 0.1) is 25.2 Å². The second-order valence-electron chi connectivity index (χ2n) is 4.73. The zero-order chi connectivity index (χ0) is 15.9. The maximum atomic E-state index is 12.2. The van der Waals surface area contributed by atoms with E-state index in [-0.39, 0.29) is 0 Å². The van der Waals surface area contributed by atoms with E-state index in [9.17, 15) is 8.42 Å². The fourth-order valence-corrected chi connectivity index (χ4v) is 2.75. The molecule has 21 heavy (non-hydrogen) atoms. The molecule has 6 nitrogen and oxygen atoms in total. The second kappa shape index (κ2) is 8.09. The van der Waals surface area contributed by atoms with Gasteiger partial charge in [-0.15, -0.1) is 0 Å². The van der Waals surface area contributed by atoms with Crippen molar-refractivity contribution < 1.29 is 17.9 Å². The molecule has 1 atom stereocenters. The number of sulfonamides is 1. The van der Waals surface area contributed by atoms with Gasteiger partial charge in [-0.25, -0.2) is 8.42 Å². The Kier molecular flexibility index (Phi) is 6.77. The van der Waals surface area contributed by atoms with Crippen molar-refractivity contribution in [3.05, 3.63) is 18.2 Å². The first kappa shape index (κ1) is 17.6. The summed E-state index contributed by atoms with van der Waals surface area (Å²) < 4.78 is 37.3. The average molecular weight is 316 g/mol. The maximum absolute atomic E-state index is 12.2. The Morgan fingerprint density at radius 3 is 2.43 bits per heavy atom. The first-order chi connectivity index (χ1) is 9.94. The fraction of sp³-hybridized carbons (Fsp3) is 0.571. The average Bonchev–Trinajstić information content (AvgIpc) is 2.46. The van der Waals surface area contributed by atoms with E-state index in [0.717, 1.165) is 13.0 Å². The molecule has 2 N–H and O–H groups in total. The highest BCUT2D eigenvalue weighted by Gasteiger charge is 2.20. The van der Waals surface area contributed by atoms with Crippen molar-refractivity contribution in [2.75, 3.05) is 32.0 Å².